The largest absolute Gasteiger partial charge is 0.497 e. The van der Waals surface area contributed by atoms with Crippen molar-refractivity contribution in [3.63, 3.8) is 0 Å². The topological polar surface area (TPSA) is 91.3 Å². The van der Waals surface area contributed by atoms with Gasteiger partial charge in [0.15, 0.2) is 0 Å². The van der Waals surface area contributed by atoms with Crippen molar-refractivity contribution in [3.05, 3.63) is 53.6 Å². The number of carbonyl (C=O) groups excluding carboxylic acids is 2. The molecule has 8 nitrogen and oxygen atoms in total. The lowest BCUT2D eigenvalue weighted by atomic mass is 10.3. The molecule has 1 fully saturated rings. The fraction of sp³-hybridized carbons (Fsp3) is 0.333. The number of benzene rings is 2. The van der Waals surface area contributed by atoms with Gasteiger partial charge >= 0.3 is 6.03 Å². The maximum absolute atomic E-state index is 12.6. The van der Waals surface area contributed by atoms with Crippen LogP contribution in [0.5, 0.6) is 11.5 Å². The first-order valence-corrected chi connectivity index (χ1v) is 9.89. The SMILES string of the molecule is COc1ccc(N2CC(=O)N(CCNCC(O)COc3ccccc3Cl)C2=O)cc1. The van der Waals surface area contributed by atoms with Gasteiger partial charge in [-0.15, -0.1) is 0 Å². The lowest BCUT2D eigenvalue weighted by Crippen LogP contribution is -2.40. The fourth-order valence-corrected chi connectivity index (χ4v) is 3.18. The summed E-state index contributed by atoms with van der Waals surface area (Å²) in [5, 5.41) is 13.5. The van der Waals surface area contributed by atoms with Gasteiger partial charge in [-0.25, -0.2) is 4.79 Å². The zero-order valence-corrected chi connectivity index (χ0v) is 17.3. The highest BCUT2D eigenvalue weighted by atomic mass is 35.5. The van der Waals surface area contributed by atoms with Gasteiger partial charge in [-0.3, -0.25) is 14.6 Å². The van der Waals surface area contributed by atoms with Crippen LogP contribution in [0.25, 0.3) is 0 Å². The number of methoxy groups -OCH3 is 1. The average Bonchev–Trinajstić information content (AvgIpc) is 3.04. The molecule has 1 saturated heterocycles. The van der Waals surface area contributed by atoms with Crippen molar-refractivity contribution >= 4 is 29.2 Å². The van der Waals surface area contributed by atoms with Crippen LogP contribution < -0.4 is 19.7 Å². The van der Waals surface area contributed by atoms with E-state index in [1.165, 1.54) is 9.80 Å². The molecular weight excluding hydrogens is 410 g/mol. The predicted molar refractivity (Wildman–Crippen MR) is 113 cm³/mol. The molecule has 2 aromatic rings. The second-order valence-electron chi connectivity index (χ2n) is 6.71. The van der Waals surface area contributed by atoms with Crippen LogP contribution >= 0.6 is 11.6 Å². The first-order chi connectivity index (χ1) is 14.5. The smallest absolute Gasteiger partial charge is 0.331 e. The molecule has 3 amide bonds. The van der Waals surface area contributed by atoms with Crippen molar-refractivity contribution in [3.8, 4) is 11.5 Å². The fourth-order valence-electron chi connectivity index (χ4n) is 2.99. The Labute approximate surface area is 179 Å². The van der Waals surface area contributed by atoms with Gasteiger partial charge < -0.3 is 19.9 Å². The summed E-state index contributed by atoms with van der Waals surface area (Å²) in [7, 11) is 1.56. The third-order valence-electron chi connectivity index (χ3n) is 4.60. The highest BCUT2D eigenvalue weighted by molar-refractivity contribution is 6.32. The van der Waals surface area contributed by atoms with Gasteiger partial charge in [0.2, 0.25) is 0 Å². The summed E-state index contributed by atoms with van der Waals surface area (Å²) >= 11 is 6.00. The van der Waals surface area contributed by atoms with E-state index in [1.807, 2.05) is 0 Å². The molecule has 0 radical (unpaired) electrons. The van der Waals surface area contributed by atoms with Crippen LogP contribution in [0.1, 0.15) is 0 Å². The maximum atomic E-state index is 12.6. The third-order valence-corrected chi connectivity index (χ3v) is 4.91. The van der Waals surface area contributed by atoms with Crippen molar-refractivity contribution in [1.29, 1.82) is 0 Å². The summed E-state index contributed by atoms with van der Waals surface area (Å²) in [5.74, 6) is 0.917. The van der Waals surface area contributed by atoms with Gasteiger partial charge in [-0.1, -0.05) is 23.7 Å². The summed E-state index contributed by atoms with van der Waals surface area (Å²) in [4.78, 5) is 27.4. The van der Waals surface area contributed by atoms with Crippen LogP contribution in [-0.4, -0.2) is 67.9 Å². The Morgan fingerprint density at radius 3 is 2.60 bits per heavy atom. The molecule has 3 rings (SSSR count). The summed E-state index contributed by atoms with van der Waals surface area (Å²) in [6, 6.07) is 13.6. The molecule has 1 aliphatic rings. The van der Waals surface area contributed by atoms with Crippen LogP contribution in [0, 0.1) is 0 Å². The Bertz CT molecular complexity index is 877. The number of carbonyl (C=O) groups is 2. The minimum absolute atomic E-state index is 0.000534. The molecule has 0 saturated carbocycles. The van der Waals surface area contributed by atoms with E-state index >= 15 is 0 Å². The molecule has 0 spiro atoms. The summed E-state index contributed by atoms with van der Waals surface area (Å²) < 4.78 is 10.6. The monoisotopic (exact) mass is 433 g/mol. The summed E-state index contributed by atoms with van der Waals surface area (Å²) in [6.45, 7) is 0.894. The van der Waals surface area contributed by atoms with Crippen LogP contribution in [0.4, 0.5) is 10.5 Å². The van der Waals surface area contributed by atoms with E-state index in [0.717, 1.165) is 0 Å². The molecule has 1 unspecified atom stereocenters. The Morgan fingerprint density at radius 2 is 1.90 bits per heavy atom. The van der Waals surface area contributed by atoms with Gasteiger partial charge in [0.25, 0.3) is 5.91 Å². The molecule has 1 aliphatic heterocycles. The number of ether oxygens (including phenoxy) is 2. The van der Waals surface area contributed by atoms with Crippen LogP contribution in [0.2, 0.25) is 5.02 Å². The Balaban J connectivity index is 1.41. The lowest BCUT2D eigenvalue weighted by Gasteiger charge is -2.18. The number of anilines is 1. The zero-order valence-electron chi connectivity index (χ0n) is 16.6. The molecular formula is C21H24ClN3O5. The van der Waals surface area contributed by atoms with Crippen LogP contribution in [0.15, 0.2) is 48.5 Å². The number of hydrogen-bond donors (Lipinski definition) is 2. The van der Waals surface area contributed by atoms with Crippen molar-refractivity contribution in [1.82, 2.24) is 10.2 Å². The van der Waals surface area contributed by atoms with Gasteiger partial charge in [0.1, 0.15) is 30.8 Å². The molecule has 0 aromatic heterocycles. The van der Waals surface area contributed by atoms with Gasteiger partial charge in [0.05, 0.1) is 12.1 Å². The van der Waals surface area contributed by atoms with Gasteiger partial charge in [-0.2, -0.15) is 0 Å². The van der Waals surface area contributed by atoms with E-state index in [9.17, 15) is 14.7 Å². The predicted octanol–water partition coefficient (Wildman–Crippen LogP) is 2.15. The van der Waals surface area contributed by atoms with E-state index in [-0.39, 0.29) is 38.2 Å². The van der Waals surface area contributed by atoms with Gasteiger partial charge in [-0.05, 0) is 36.4 Å². The van der Waals surface area contributed by atoms with Gasteiger partial charge in [0, 0.05) is 25.3 Å². The quantitative estimate of drug-likeness (QED) is 0.440. The number of para-hydroxylation sites is 1. The lowest BCUT2D eigenvalue weighted by molar-refractivity contribution is -0.124. The number of hydrogen-bond acceptors (Lipinski definition) is 6. The molecule has 30 heavy (non-hydrogen) atoms. The van der Waals surface area contributed by atoms with Crippen molar-refractivity contribution in [2.24, 2.45) is 0 Å². The third kappa shape index (κ3) is 5.41. The van der Waals surface area contributed by atoms with E-state index in [4.69, 9.17) is 21.1 Å². The summed E-state index contributed by atoms with van der Waals surface area (Å²) in [6.07, 6.45) is -0.762. The maximum Gasteiger partial charge on any atom is 0.331 e. The highest BCUT2D eigenvalue weighted by Gasteiger charge is 2.36. The number of nitrogens with zero attached hydrogens (tertiary/aromatic N) is 2. The number of aliphatic hydroxyl groups excluding tert-OH is 1. The minimum Gasteiger partial charge on any atom is -0.497 e. The number of amides is 3. The molecule has 1 heterocycles. The van der Waals surface area contributed by atoms with Crippen molar-refractivity contribution < 1.29 is 24.2 Å². The number of aliphatic hydroxyl groups is 1. The molecule has 1 atom stereocenters. The number of rotatable bonds is 10. The molecule has 0 aliphatic carbocycles. The normalized spacial score (nSPS) is 14.9. The Hall–Kier alpha value is -2.81. The molecule has 160 valence electrons. The second-order valence-corrected chi connectivity index (χ2v) is 7.12. The number of nitrogens with one attached hydrogen (secondary N) is 1. The van der Waals surface area contributed by atoms with E-state index in [1.54, 1.807) is 55.6 Å². The standard InChI is InChI=1S/C21H24ClN3O5/c1-29-17-8-6-15(7-9-17)25-13-20(27)24(21(25)28)11-10-23-12-16(26)14-30-19-5-3-2-4-18(19)22/h2-9,16,23,26H,10-14H2,1H3. The van der Waals surface area contributed by atoms with Crippen LogP contribution in [0.3, 0.4) is 0 Å². The zero-order chi connectivity index (χ0) is 21.5. The first-order valence-electron chi connectivity index (χ1n) is 9.51. The van der Waals surface area contributed by atoms with Crippen LogP contribution in [-0.2, 0) is 4.79 Å². The number of imide groups is 1. The van der Waals surface area contributed by atoms with E-state index in [0.29, 0.717) is 28.8 Å². The molecule has 0 bridgehead atoms. The second kappa shape index (κ2) is 10.3. The van der Waals surface area contributed by atoms with E-state index < -0.39 is 6.10 Å². The molecule has 9 heteroatoms. The van der Waals surface area contributed by atoms with E-state index in [2.05, 4.69) is 5.32 Å². The number of urea groups is 1. The average molecular weight is 434 g/mol. The van der Waals surface area contributed by atoms with Crippen molar-refractivity contribution in [2.75, 3.05) is 44.8 Å². The Morgan fingerprint density at radius 1 is 1.17 bits per heavy atom. The number of halogens is 1. The summed E-state index contributed by atoms with van der Waals surface area (Å²) in [5.41, 5.74) is 0.636. The molecule has 2 aromatic carbocycles. The molecule has 2 N–H and O–H groups in total. The first kappa shape index (κ1) is 21.9. The minimum atomic E-state index is -0.762. The highest BCUT2D eigenvalue weighted by Crippen LogP contribution is 2.24. The Kier molecular flexibility index (Phi) is 7.51. The van der Waals surface area contributed by atoms with Crippen molar-refractivity contribution in [2.45, 2.75) is 6.10 Å².